The lowest BCUT2D eigenvalue weighted by molar-refractivity contribution is -0.384. The minimum absolute atomic E-state index is 0.0271. The molecule has 2 N–H and O–H groups in total. The fraction of sp³-hybridized carbons (Fsp3) is 0.500. The van der Waals surface area contributed by atoms with Crippen molar-refractivity contribution in [3.05, 3.63) is 34.2 Å². The quantitative estimate of drug-likeness (QED) is 0.682. The zero-order chi connectivity index (χ0) is 15.0. The zero-order valence-corrected chi connectivity index (χ0v) is 11.9. The third kappa shape index (κ3) is 2.74. The Morgan fingerprint density at radius 3 is 3.05 bits per heavy atom. The summed E-state index contributed by atoms with van der Waals surface area (Å²) in [4.78, 5) is 16.9. The van der Waals surface area contributed by atoms with E-state index in [-0.39, 0.29) is 11.1 Å². The molecule has 1 unspecified atom stereocenters. The summed E-state index contributed by atoms with van der Waals surface area (Å²) in [6.45, 7) is 5.35. The summed E-state index contributed by atoms with van der Waals surface area (Å²) >= 11 is 0. The van der Waals surface area contributed by atoms with Gasteiger partial charge in [-0.1, -0.05) is 6.92 Å². The summed E-state index contributed by atoms with van der Waals surface area (Å²) < 4.78 is 5.66. The largest absolute Gasteiger partial charge is 0.439 e. The van der Waals surface area contributed by atoms with Gasteiger partial charge in [0.05, 0.1) is 11.5 Å². The van der Waals surface area contributed by atoms with Crippen LogP contribution < -0.4 is 5.73 Å². The fourth-order valence-electron chi connectivity index (χ4n) is 2.76. The number of benzene rings is 1. The van der Waals surface area contributed by atoms with Crippen LogP contribution in [-0.2, 0) is 6.54 Å². The fourth-order valence-corrected chi connectivity index (χ4v) is 2.76. The van der Waals surface area contributed by atoms with Crippen molar-refractivity contribution < 1.29 is 9.34 Å². The van der Waals surface area contributed by atoms with E-state index in [2.05, 4.69) is 16.8 Å². The molecule has 0 amide bonds. The first-order valence-electron chi connectivity index (χ1n) is 6.95. The predicted octanol–water partition coefficient (Wildman–Crippen LogP) is 1.91. The van der Waals surface area contributed by atoms with Crippen LogP contribution in [0.4, 0.5) is 5.69 Å². The number of hydrogen-bond donors (Lipinski definition) is 1. The van der Waals surface area contributed by atoms with Gasteiger partial charge in [-0.3, -0.25) is 15.0 Å². The molecule has 0 bridgehead atoms. The molecule has 2 aromatic rings. The summed E-state index contributed by atoms with van der Waals surface area (Å²) in [5.74, 6) is 0.590. The van der Waals surface area contributed by atoms with Crippen molar-refractivity contribution in [3.63, 3.8) is 0 Å². The maximum absolute atomic E-state index is 10.8. The highest BCUT2D eigenvalue weighted by molar-refractivity contribution is 5.75. The van der Waals surface area contributed by atoms with Crippen molar-refractivity contribution in [2.24, 2.45) is 11.1 Å². The Hall–Kier alpha value is -1.99. The maximum atomic E-state index is 10.8. The van der Waals surface area contributed by atoms with Crippen molar-refractivity contribution in [1.82, 2.24) is 9.88 Å². The van der Waals surface area contributed by atoms with Gasteiger partial charge in [-0.05, 0) is 31.0 Å². The SMILES string of the molecule is CC1(CN)CCN(Cc2nc3cc([N+](=O)[O-])ccc3o2)C1. The van der Waals surface area contributed by atoms with Gasteiger partial charge in [0, 0.05) is 18.7 Å². The molecule has 1 fully saturated rings. The molecule has 1 aliphatic heterocycles. The molecule has 1 atom stereocenters. The predicted molar refractivity (Wildman–Crippen MR) is 77.7 cm³/mol. The highest BCUT2D eigenvalue weighted by atomic mass is 16.6. The van der Waals surface area contributed by atoms with Gasteiger partial charge in [0.25, 0.3) is 5.69 Å². The number of rotatable bonds is 4. The van der Waals surface area contributed by atoms with E-state index in [0.717, 1.165) is 19.5 Å². The van der Waals surface area contributed by atoms with Gasteiger partial charge < -0.3 is 10.2 Å². The molecular weight excluding hydrogens is 272 g/mol. The summed E-state index contributed by atoms with van der Waals surface area (Å²) in [6, 6.07) is 4.47. The van der Waals surface area contributed by atoms with Crippen LogP contribution >= 0.6 is 0 Å². The third-order valence-electron chi connectivity index (χ3n) is 4.11. The van der Waals surface area contributed by atoms with Gasteiger partial charge in [0.15, 0.2) is 5.58 Å². The van der Waals surface area contributed by atoms with Crippen LogP contribution in [0.25, 0.3) is 11.1 Å². The Morgan fingerprint density at radius 1 is 1.57 bits per heavy atom. The molecule has 7 heteroatoms. The molecular formula is C14H18N4O3. The van der Waals surface area contributed by atoms with Gasteiger partial charge in [-0.25, -0.2) is 4.98 Å². The van der Waals surface area contributed by atoms with Gasteiger partial charge in [0.2, 0.25) is 5.89 Å². The Morgan fingerprint density at radius 2 is 2.38 bits per heavy atom. The van der Waals surface area contributed by atoms with E-state index in [1.807, 2.05) is 0 Å². The Kier molecular flexibility index (Phi) is 3.38. The van der Waals surface area contributed by atoms with E-state index in [0.29, 0.717) is 30.1 Å². The summed E-state index contributed by atoms with van der Waals surface area (Å²) in [7, 11) is 0. The first-order valence-corrected chi connectivity index (χ1v) is 6.95. The number of nitrogens with two attached hydrogens (primary N) is 1. The molecule has 21 heavy (non-hydrogen) atoms. The Balaban J connectivity index is 1.78. The smallest absolute Gasteiger partial charge is 0.271 e. The third-order valence-corrected chi connectivity index (χ3v) is 4.11. The van der Waals surface area contributed by atoms with Crippen LogP contribution in [0.5, 0.6) is 0 Å². The lowest BCUT2D eigenvalue weighted by Gasteiger charge is -2.21. The van der Waals surface area contributed by atoms with E-state index < -0.39 is 4.92 Å². The Bertz CT molecular complexity index is 684. The standard InChI is InChI=1S/C14H18N4O3/c1-14(8-15)4-5-17(9-14)7-13-16-11-6-10(18(19)20)2-3-12(11)21-13/h2-3,6H,4-5,7-9,15H2,1H3. The first-order chi connectivity index (χ1) is 9.99. The van der Waals surface area contributed by atoms with E-state index >= 15 is 0 Å². The van der Waals surface area contributed by atoms with Gasteiger partial charge in [0.1, 0.15) is 5.52 Å². The van der Waals surface area contributed by atoms with Gasteiger partial charge >= 0.3 is 0 Å². The Labute approximate surface area is 121 Å². The lowest BCUT2D eigenvalue weighted by Crippen LogP contribution is -2.31. The van der Waals surface area contributed by atoms with Crippen molar-refractivity contribution in [2.45, 2.75) is 19.9 Å². The summed E-state index contributed by atoms with van der Waals surface area (Å²) in [6.07, 6.45) is 1.06. The van der Waals surface area contributed by atoms with Crippen molar-refractivity contribution in [3.8, 4) is 0 Å². The second-order valence-electron chi connectivity index (χ2n) is 5.99. The molecule has 1 aliphatic rings. The minimum Gasteiger partial charge on any atom is -0.439 e. The van der Waals surface area contributed by atoms with Crippen LogP contribution in [0.2, 0.25) is 0 Å². The second kappa shape index (κ2) is 5.09. The van der Waals surface area contributed by atoms with Crippen molar-refractivity contribution in [2.75, 3.05) is 19.6 Å². The molecule has 0 saturated carbocycles. The van der Waals surface area contributed by atoms with Crippen molar-refractivity contribution in [1.29, 1.82) is 0 Å². The average molecular weight is 290 g/mol. The molecule has 0 spiro atoms. The van der Waals surface area contributed by atoms with E-state index in [4.69, 9.17) is 10.2 Å². The van der Waals surface area contributed by atoms with Crippen LogP contribution in [-0.4, -0.2) is 34.4 Å². The highest BCUT2D eigenvalue weighted by Gasteiger charge is 2.32. The summed E-state index contributed by atoms with van der Waals surface area (Å²) in [5, 5.41) is 10.8. The zero-order valence-electron chi connectivity index (χ0n) is 11.9. The number of non-ortho nitro benzene ring substituents is 1. The number of nitro groups is 1. The van der Waals surface area contributed by atoms with E-state index in [1.54, 1.807) is 6.07 Å². The topological polar surface area (TPSA) is 98.4 Å². The number of hydrogen-bond acceptors (Lipinski definition) is 6. The van der Waals surface area contributed by atoms with E-state index in [9.17, 15) is 10.1 Å². The normalized spacial score (nSPS) is 23.0. The van der Waals surface area contributed by atoms with E-state index in [1.165, 1.54) is 12.1 Å². The maximum Gasteiger partial charge on any atom is 0.271 e. The molecule has 1 aromatic carbocycles. The minimum atomic E-state index is -0.430. The number of fused-ring (bicyclic) bond motifs is 1. The lowest BCUT2D eigenvalue weighted by atomic mass is 9.90. The molecule has 1 saturated heterocycles. The van der Waals surface area contributed by atoms with Crippen LogP contribution in [0.3, 0.4) is 0 Å². The highest BCUT2D eigenvalue weighted by Crippen LogP contribution is 2.30. The van der Waals surface area contributed by atoms with Crippen LogP contribution in [0.1, 0.15) is 19.2 Å². The second-order valence-corrected chi connectivity index (χ2v) is 5.99. The molecule has 3 rings (SSSR count). The number of likely N-dealkylation sites (tertiary alicyclic amines) is 1. The van der Waals surface area contributed by atoms with Gasteiger partial charge in [-0.15, -0.1) is 0 Å². The van der Waals surface area contributed by atoms with Crippen molar-refractivity contribution >= 4 is 16.8 Å². The molecule has 0 radical (unpaired) electrons. The summed E-state index contributed by atoms with van der Waals surface area (Å²) in [5.41, 5.74) is 7.09. The average Bonchev–Trinajstić information content (AvgIpc) is 3.02. The number of nitrogens with zero attached hydrogens (tertiary/aromatic N) is 3. The molecule has 0 aliphatic carbocycles. The molecule has 112 valence electrons. The van der Waals surface area contributed by atoms with Crippen LogP contribution in [0, 0.1) is 15.5 Å². The van der Waals surface area contributed by atoms with Gasteiger partial charge in [-0.2, -0.15) is 0 Å². The molecule has 7 nitrogen and oxygen atoms in total. The molecule has 1 aromatic heterocycles. The number of oxazole rings is 1. The first kappa shape index (κ1) is 14.0. The van der Waals surface area contributed by atoms with Crippen LogP contribution in [0.15, 0.2) is 22.6 Å². The monoisotopic (exact) mass is 290 g/mol. The molecule has 2 heterocycles. The number of nitro benzene ring substituents is 1. The number of aromatic nitrogens is 1.